The average molecular weight is 236 g/mol. The Morgan fingerprint density at radius 1 is 1.24 bits per heavy atom. The van der Waals surface area contributed by atoms with Gasteiger partial charge < -0.3 is 15.4 Å². The third kappa shape index (κ3) is 4.02. The fourth-order valence-corrected chi connectivity index (χ4v) is 1.84. The van der Waals surface area contributed by atoms with Crippen molar-refractivity contribution in [3.05, 3.63) is 29.8 Å². The van der Waals surface area contributed by atoms with Crippen molar-refractivity contribution in [2.45, 2.75) is 26.3 Å². The molecule has 2 N–H and O–H groups in total. The molecule has 3 nitrogen and oxygen atoms in total. The van der Waals surface area contributed by atoms with Gasteiger partial charge in [-0.1, -0.05) is 19.1 Å². The fourth-order valence-electron chi connectivity index (χ4n) is 1.84. The molecule has 1 aromatic carbocycles. The highest BCUT2D eigenvalue weighted by molar-refractivity contribution is 5.47. The molecule has 0 fully saturated rings. The van der Waals surface area contributed by atoms with E-state index in [1.54, 1.807) is 7.11 Å². The number of hydrogen-bond donors (Lipinski definition) is 1. The first-order valence-electron chi connectivity index (χ1n) is 6.32. The second-order valence-electron chi connectivity index (χ2n) is 4.18. The number of hydrogen-bond acceptors (Lipinski definition) is 3. The highest BCUT2D eigenvalue weighted by Crippen LogP contribution is 2.19. The smallest absolute Gasteiger partial charge is 0.0637 e. The maximum atomic E-state index is 6.00. The number of anilines is 1. The largest absolute Gasteiger partial charge is 0.383 e. The Balaban J connectivity index is 2.70. The minimum atomic E-state index is 0.151. The van der Waals surface area contributed by atoms with Crippen molar-refractivity contribution in [1.29, 1.82) is 0 Å². The summed E-state index contributed by atoms with van der Waals surface area (Å²) in [6.45, 7) is 6.93. The van der Waals surface area contributed by atoms with Gasteiger partial charge in [0.05, 0.1) is 6.61 Å². The summed E-state index contributed by atoms with van der Waals surface area (Å²) in [7, 11) is 1.73. The molecule has 1 rings (SSSR count). The van der Waals surface area contributed by atoms with Crippen molar-refractivity contribution in [3.63, 3.8) is 0 Å². The van der Waals surface area contributed by atoms with E-state index in [9.17, 15) is 0 Å². The zero-order chi connectivity index (χ0) is 12.7. The second kappa shape index (κ2) is 7.30. The van der Waals surface area contributed by atoms with E-state index in [0.29, 0.717) is 0 Å². The van der Waals surface area contributed by atoms with Crippen molar-refractivity contribution >= 4 is 5.69 Å². The van der Waals surface area contributed by atoms with Crippen LogP contribution >= 0.6 is 0 Å². The molecule has 3 heteroatoms. The van der Waals surface area contributed by atoms with E-state index in [1.165, 1.54) is 11.3 Å². The topological polar surface area (TPSA) is 38.5 Å². The molecule has 0 heterocycles. The summed E-state index contributed by atoms with van der Waals surface area (Å²) in [6, 6.07) is 8.68. The lowest BCUT2D eigenvalue weighted by Crippen LogP contribution is -2.26. The van der Waals surface area contributed by atoms with E-state index in [2.05, 4.69) is 43.0 Å². The van der Waals surface area contributed by atoms with Gasteiger partial charge in [-0.15, -0.1) is 0 Å². The number of benzene rings is 1. The van der Waals surface area contributed by atoms with E-state index < -0.39 is 0 Å². The van der Waals surface area contributed by atoms with Crippen molar-refractivity contribution in [2.75, 3.05) is 31.7 Å². The van der Waals surface area contributed by atoms with Gasteiger partial charge in [-0.25, -0.2) is 0 Å². The summed E-state index contributed by atoms with van der Waals surface area (Å²) in [5, 5.41) is 0. The summed E-state index contributed by atoms with van der Waals surface area (Å²) in [6.07, 6.45) is 0.973. The van der Waals surface area contributed by atoms with E-state index in [0.717, 1.165) is 26.1 Å². The first kappa shape index (κ1) is 14.0. The molecule has 0 radical (unpaired) electrons. The highest BCUT2D eigenvalue weighted by Gasteiger charge is 2.06. The number of nitrogens with zero attached hydrogens (tertiary/aromatic N) is 1. The number of likely N-dealkylation sites (N-methyl/N-ethyl adjacent to an activating group) is 1. The van der Waals surface area contributed by atoms with Crippen molar-refractivity contribution in [1.82, 2.24) is 0 Å². The monoisotopic (exact) mass is 236 g/mol. The second-order valence-corrected chi connectivity index (χ2v) is 4.18. The molecule has 0 spiro atoms. The molecule has 0 saturated heterocycles. The summed E-state index contributed by atoms with van der Waals surface area (Å²) < 4.78 is 5.11. The lowest BCUT2D eigenvalue weighted by molar-refractivity contribution is 0.205. The normalized spacial score (nSPS) is 12.5. The zero-order valence-electron chi connectivity index (χ0n) is 11.1. The molecule has 0 aromatic heterocycles. The van der Waals surface area contributed by atoms with Crippen molar-refractivity contribution in [2.24, 2.45) is 5.73 Å². The maximum Gasteiger partial charge on any atom is 0.0637 e. The molecular formula is C14H24N2O. The molecule has 1 aromatic rings. The van der Waals surface area contributed by atoms with Crippen LogP contribution in [0.5, 0.6) is 0 Å². The van der Waals surface area contributed by atoms with Gasteiger partial charge in [0.1, 0.15) is 0 Å². The summed E-state index contributed by atoms with van der Waals surface area (Å²) in [4.78, 5) is 2.30. The van der Waals surface area contributed by atoms with Gasteiger partial charge in [-0.3, -0.25) is 0 Å². The van der Waals surface area contributed by atoms with Crippen molar-refractivity contribution < 1.29 is 4.74 Å². The molecule has 0 aliphatic rings. The highest BCUT2D eigenvalue weighted by atomic mass is 16.5. The van der Waals surface area contributed by atoms with E-state index in [-0.39, 0.29) is 6.04 Å². The third-order valence-corrected chi connectivity index (χ3v) is 3.07. The van der Waals surface area contributed by atoms with E-state index >= 15 is 0 Å². The Kier molecular flexibility index (Phi) is 6.01. The number of nitrogens with two attached hydrogens (primary N) is 1. The minimum Gasteiger partial charge on any atom is -0.383 e. The average Bonchev–Trinajstić information content (AvgIpc) is 2.39. The van der Waals surface area contributed by atoms with Gasteiger partial charge in [-0.05, 0) is 31.0 Å². The molecule has 0 aliphatic heterocycles. The van der Waals surface area contributed by atoms with Gasteiger partial charge in [0.25, 0.3) is 0 Å². The van der Waals surface area contributed by atoms with Crippen LogP contribution in [0, 0.1) is 0 Å². The summed E-state index contributed by atoms with van der Waals surface area (Å²) in [5.41, 5.74) is 8.44. The van der Waals surface area contributed by atoms with Gasteiger partial charge >= 0.3 is 0 Å². The van der Waals surface area contributed by atoms with Crippen LogP contribution in [-0.2, 0) is 4.74 Å². The van der Waals surface area contributed by atoms with E-state index in [1.807, 2.05) is 0 Å². The van der Waals surface area contributed by atoms with Gasteiger partial charge in [0.2, 0.25) is 0 Å². The van der Waals surface area contributed by atoms with Crippen LogP contribution in [0.2, 0.25) is 0 Å². The van der Waals surface area contributed by atoms with Crippen molar-refractivity contribution in [3.8, 4) is 0 Å². The molecule has 1 unspecified atom stereocenters. The van der Waals surface area contributed by atoms with Gasteiger partial charge in [0.15, 0.2) is 0 Å². The first-order chi connectivity index (χ1) is 8.22. The van der Waals surface area contributed by atoms with Crippen LogP contribution in [0.25, 0.3) is 0 Å². The van der Waals surface area contributed by atoms with Gasteiger partial charge in [0, 0.05) is 31.9 Å². The Hall–Kier alpha value is -1.06. The first-order valence-corrected chi connectivity index (χ1v) is 6.32. The number of ether oxygens (including phenoxy) is 1. The molecule has 1 atom stereocenters. The predicted molar refractivity (Wildman–Crippen MR) is 73.4 cm³/mol. The van der Waals surface area contributed by atoms with Crippen LogP contribution in [0.4, 0.5) is 5.69 Å². The lowest BCUT2D eigenvalue weighted by atomic mass is 10.1. The van der Waals surface area contributed by atoms with Gasteiger partial charge in [-0.2, -0.15) is 0 Å². The zero-order valence-corrected chi connectivity index (χ0v) is 11.1. The standard InChI is InChI=1S/C14H24N2O/c1-4-14(15)12-6-8-13(9-7-12)16(5-2)10-11-17-3/h6-9,14H,4-5,10-11,15H2,1-3H3. The molecule has 0 bridgehead atoms. The summed E-state index contributed by atoms with van der Waals surface area (Å²) >= 11 is 0. The lowest BCUT2D eigenvalue weighted by Gasteiger charge is -2.23. The Morgan fingerprint density at radius 2 is 1.88 bits per heavy atom. The molecule has 0 aliphatic carbocycles. The fraction of sp³-hybridized carbons (Fsp3) is 0.571. The Morgan fingerprint density at radius 3 is 2.35 bits per heavy atom. The molecule has 17 heavy (non-hydrogen) atoms. The number of methoxy groups -OCH3 is 1. The molecule has 0 amide bonds. The van der Waals surface area contributed by atoms with Crippen LogP contribution < -0.4 is 10.6 Å². The molecular weight excluding hydrogens is 212 g/mol. The number of rotatable bonds is 7. The third-order valence-electron chi connectivity index (χ3n) is 3.07. The Labute approximate surface area is 105 Å². The quantitative estimate of drug-likeness (QED) is 0.790. The van der Waals surface area contributed by atoms with Crippen LogP contribution in [0.15, 0.2) is 24.3 Å². The SMILES string of the molecule is CCC(N)c1ccc(N(CC)CCOC)cc1. The van der Waals surface area contributed by atoms with E-state index in [4.69, 9.17) is 10.5 Å². The Bertz CT molecular complexity index is 311. The minimum absolute atomic E-state index is 0.151. The van der Waals surface area contributed by atoms with Crippen LogP contribution in [0.3, 0.4) is 0 Å². The molecule has 96 valence electrons. The molecule has 0 saturated carbocycles. The maximum absolute atomic E-state index is 6.00. The predicted octanol–water partition coefficient (Wildman–Crippen LogP) is 2.57. The van der Waals surface area contributed by atoms with Crippen LogP contribution in [-0.4, -0.2) is 26.8 Å². The van der Waals surface area contributed by atoms with Crippen LogP contribution in [0.1, 0.15) is 31.9 Å². The summed E-state index contributed by atoms with van der Waals surface area (Å²) in [5.74, 6) is 0.